The number of rotatable bonds is 8. The summed E-state index contributed by atoms with van der Waals surface area (Å²) in [6.07, 6.45) is 0.830. The lowest BCUT2D eigenvalue weighted by Gasteiger charge is -2.24. The van der Waals surface area contributed by atoms with Gasteiger partial charge in [0, 0.05) is 11.1 Å². The Morgan fingerprint density at radius 1 is 1.29 bits per heavy atom. The summed E-state index contributed by atoms with van der Waals surface area (Å²) < 4.78 is 11.0. The Labute approximate surface area is 126 Å². The van der Waals surface area contributed by atoms with Gasteiger partial charge < -0.3 is 19.9 Å². The third kappa shape index (κ3) is 5.27. The molecule has 0 radical (unpaired) electrons. The lowest BCUT2D eigenvalue weighted by Crippen LogP contribution is -2.44. The molecule has 0 bridgehead atoms. The van der Waals surface area contributed by atoms with Crippen LogP contribution in [0.25, 0.3) is 0 Å². The highest BCUT2D eigenvalue weighted by atomic mass is 16.5. The molecule has 1 rings (SSSR count). The molecule has 1 aromatic carbocycles. The van der Waals surface area contributed by atoms with Crippen LogP contribution in [-0.4, -0.2) is 29.8 Å². The topological polar surface area (TPSA) is 67.8 Å². The van der Waals surface area contributed by atoms with Gasteiger partial charge in [-0.15, -0.1) is 0 Å². The van der Waals surface area contributed by atoms with Gasteiger partial charge in [0.15, 0.2) is 18.1 Å². The highest BCUT2D eigenvalue weighted by Crippen LogP contribution is 2.31. The third-order valence-corrected chi connectivity index (χ3v) is 3.24. The fourth-order valence-electron chi connectivity index (χ4n) is 1.76. The van der Waals surface area contributed by atoms with E-state index in [-0.39, 0.29) is 24.7 Å². The fourth-order valence-corrected chi connectivity index (χ4v) is 1.76. The van der Waals surface area contributed by atoms with E-state index in [1.807, 2.05) is 27.7 Å². The summed E-state index contributed by atoms with van der Waals surface area (Å²) in [6, 6.07) is 5.28. The molecule has 1 amide bonds. The zero-order chi connectivity index (χ0) is 15.9. The maximum atomic E-state index is 11.9. The number of para-hydroxylation sites is 1. The van der Waals surface area contributed by atoms with Gasteiger partial charge in [-0.2, -0.15) is 0 Å². The van der Waals surface area contributed by atoms with Gasteiger partial charge in [-0.05, 0) is 33.3 Å². The number of hydrogen-bond donors (Lipinski definition) is 2. The van der Waals surface area contributed by atoms with Crippen LogP contribution in [0.2, 0.25) is 0 Å². The first kappa shape index (κ1) is 17.3. The number of amides is 1. The van der Waals surface area contributed by atoms with Crippen molar-refractivity contribution in [3.63, 3.8) is 0 Å². The van der Waals surface area contributed by atoms with E-state index in [2.05, 4.69) is 5.32 Å². The average molecular weight is 295 g/mol. The number of nitrogens with one attached hydrogen (secondary N) is 1. The van der Waals surface area contributed by atoms with Crippen LogP contribution in [0, 0.1) is 0 Å². The Morgan fingerprint density at radius 3 is 2.57 bits per heavy atom. The second kappa shape index (κ2) is 7.88. The van der Waals surface area contributed by atoms with Crippen LogP contribution in [0.3, 0.4) is 0 Å². The maximum Gasteiger partial charge on any atom is 0.258 e. The summed E-state index contributed by atoms with van der Waals surface area (Å²) in [5.74, 6) is 0.759. The number of ether oxygens (including phenoxy) is 2. The van der Waals surface area contributed by atoms with Crippen molar-refractivity contribution in [3.05, 3.63) is 23.8 Å². The van der Waals surface area contributed by atoms with Crippen molar-refractivity contribution in [2.45, 2.75) is 46.3 Å². The minimum atomic E-state index is -0.264. The molecule has 0 aliphatic rings. The molecule has 1 aromatic rings. The largest absolute Gasteiger partial charge is 0.490 e. The van der Waals surface area contributed by atoms with E-state index in [0.717, 1.165) is 6.42 Å². The molecule has 5 heteroatoms. The quantitative estimate of drug-likeness (QED) is 0.772. The summed E-state index contributed by atoms with van der Waals surface area (Å²) in [7, 11) is 0. The Balaban J connectivity index is 2.76. The van der Waals surface area contributed by atoms with Crippen molar-refractivity contribution in [3.8, 4) is 11.5 Å². The average Bonchev–Trinajstić information content (AvgIpc) is 2.45. The van der Waals surface area contributed by atoms with Gasteiger partial charge in [-0.25, -0.2) is 0 Å². The highest BCUT2D eigenvalue weighted by Gasteiger charge is 2.19. The zero-order valence-electron chi connectivity index (χ0n) is 13.2. The molecule has 0 saturated heterocycles. The summed E-state index contributed by atoms with van der Waals surface area (Å²) in [5.41, 5.74) is 0.336. The summed E-state index contributed by atoms with van der Waals surface area (Å²) in [6.45, 7) is 8.00. The predicted molar refractivity (Wildman–Crippen MR) is 81.5 cm³/mol. The van der Waals surface area contributed by atoms with Gasteiger partial charge in [-0.3, -0.25) is 4.79 Å². The molecule has 0 heterocycles. The monoisotopic (exact) mass is 295 g/mol. The van der Waals surface area contributed by atoms with E-state index in [4.69, 9.17) is 9.47 Å². The van der Waals surface area contributed by atoms with E-state index in [0.29, 0.717) is 23.7 Å². The van der Waals surface area contributed by atoms with Crippen molar-refractivity contribution in [1.29, 1.82) is 0 Å². The van der Waals surface area contributed by atoms with Crippen LogP contribution >= 0.6 is 0 Å². The summed E-state index contributed by atoms with van der Waals surface area (Å²) in [5, 5.41) is 12.3. The van der Waals surface area contributed by atoms with Gasteiger partial charge in [0.05, 0.1) is 13.2 Å². The van der Waals surface area contributed by atoms with Crippen molar-refractivity contribution < 1.29 is 19.4 Å². The van der Waals surface area contributed by atoms with Gasteiger partial charge in [-0.1, -0.05) is 19.1 Å². The standard InChI is InChI=1S/C16H25NO4/c1-5-16(3,4)17-14(19)11-21-15-12(10-18)8-7-9-13(15)20-6-2/h7-9,18H,5-6,10-11H2,1-4H3,(H,17,19). The van der Waals surface area contributed by atoms with Crippen LogP contribution in [0.15, 0.2) is 18.2 Å². The van der Waals surface area contributed by atoms with E-state index in [1.54, 1.807) is 18.2 Å². The van der Waals surface area contributed by atoms with Crippen LogP contribution in [0.5, 0.6) is 11.5 Å². The SMILES string of the molecule is CCOc1cccc(CO)c1OCC(=O)NC(C)(C)CC. The van der Waals surface area contributed by atoms with Crippen LogP contribution < -0.4 is 14.8 Å². The molecule has 0 fully saturated rings. The molecule has 21 heavy (non-hydrogen) atoms. The van der Waals surface area contributed by atoms with E-state index in [1.165, 1.54) is 0 Å². The minimum Gasteiger partial charge on any atom is -0.490 e. The van der Waals surface area contributed by atoms with E-state index < -0.39 is 0 Å². The molecule has 2 N–H and O–H groups in total. The highest BCUT2D eigenvalue weighted by molar-refractivity contribution is 5.78. The lowest BCUT2D eigenvalue weighted by atomic mass is 10.0. The van der Waals surface area contributed by atoms with Crippen molar-refractivity contribution in [2.75, 3.05) is 13.2 Å². The van der Waals surface area contributed by atoms with Gasteiger partial charge in [0.25, 0.3) is 5.91 Å². The second-order valence-corrected chi connectivity index (χ2v) is 5.41. The van der Waals surface area contributed by atoms with Gasteiger partial charge >= 0.3 is 0 Å². The Hall–Kier alpha value is -1.75. The van der Waals surface area contributed by atoms with Gasteiger partial charge in [0.2, 0.25) is 0 Å². The van der Waals surface area contributed by atoms with E-state index in [9.17, 15) is 9.90 Å². The van der Waals surface area contributed by atoms with Crippen LogP contribution in [0.4, 0.5) is 0 Å². The molecule has 0 spiro atoms. The van der Waals surface area contributed by atoms with Crippen LogP contribution in [0.1, 0.15) is 39.7 Å². The van der Waals surface area contributed by atoms with Crippen molar-refractivity contribution in [2.24, 2.45) is 0 Å². The lowest BCUT2D eigenvalue weighted by molar-refractivity contribution is -0.124. The number of carbonyl (C=O) groups excluding carboxylic acids is 1. The summed E-state index contributed by atoms with van der Waals surface area (Å²) >= 11 is 0. The van der Waals surface area contributed by atoms with E-state index >= 15 is 0 Å². The van der Waals surface area contributed by atoms with Crippen molar-refractivity contribution in [1.82, 2.24) is 5.32 Å². The van der Waals surface area contributed by atoms with Crippen LogP contribution in [-0.2, 0) is 11.4 Å². The normalized spacial score (nSPS) is 11.1. The second-order valence-electron chi connectivity index (χ2n) is 5.41. The summed E-state index contributed by atoms with van der Waals surface area (Å²) in [4.78, 5) is 11.9. The molecule has 0 aliphatic carbocycles. The smallest absolute Gasteiger partial charge is 0.258 e. The first-order valence-corrected chi connectivity index (χ1v) is 7.22. The zero-order valence-corrected chi connectivity index (χ0v) is 13.2. The maximum absolute atomic E-state index is 11.9. The number of aliphatic hydroxyl groups excluding tert-OH is 1. The van der Waals surface area contributed by atoms with Gasteiger partial charge in [0.1, 0.15) is 0 Å². The molecular formula is C16H25NO4. The first-order valence-electron chi connectivity index (χ1n) is 7.22. The Morgan fingerprint density at radius 2 is 2.00 bits per heavy atom. The molecule has 0 saturated carbocycles. The predicted octanol–water partition coefficient (Wildman–Crippen LogP) is 2.26. The third-order valence-electron chi connectivity index (χ3n) is 3.24. The minimum absolute atomic E-state index is 0.111. The molecule has 0 aromatic heterocycles. The molecular weight excluding hydrogens is 270 g/mol. The molecule has 5 nitrogen and oxygen atoms in total. The van der Waals surface area contributed by atoms with Crippen molar-refractivity contribution >= 4 is 5.91 Å². The fraction of sp³-hybridized carbons (Fsp3) is 0.562. The first-order chi connectivity index (χ1) is 9.93. The molecule has 118 valence electrons. The number of carbonyl (C=O) groups is 1. The Bertz CT molecular complexity index is 471. The Kier molecular flexibility index (Phi) is 6.49. The number of aliphatic hydroxyl groups is 1. The number of benzene rings is 1. The number of hydrogen-bond acceptors (Lipinski definition) is 4. The molecule has 0 unspecified atom stereocenters. The molecule has 0 atom stereocenters. The molecule has 0 aliphatic heterocycles.